The molecule has 4 rings (SSSR count). The van der Waals surface area contributed by atoms with Gasteiger partial charge in [0.1, 0.15) is 0 Å². The van der Waals surface area contributed by atoms with E-state index in [4.69, 9.17) is 9.47 Å². The highest BCUT2D eigenvalue weighted by atomic mass is 127. The van der Waals surface area contributed by atoms with Crippen molar-refractivity contribution in [2.45, 2.75) is 18.4 Å². The first-order valence-corrected chi connectivity index (χ1v) is 9.23. The van der Waals surface area contributed by atoms with Gasteiger partial charge in [0.15, 0.2) is 11.5 Å². The SMILES string of the molecule is COc1ccc(C2Nc3ccc(I)cc3C3C=CCC32)cc1OC. The van der Waals surface area contributed by atoms with Gasteiger partial charge < -0.3 is 14.8 Å². The first-order chi connectivity index (χ1) is 11.7. The van der Waals surface area contributed by atoms with Crippen molar-refractivity contribution >= 4 is 28.3 Å². The van der Waals surface area contributed by atoms with Crippen LogP contribution in [0, 0.1) is 9.49 Å². The molecule has 0 bridgehead atoms. The molecule has 0 saturated carbocycles. The summed E-state index contributed by atoms with van der Waals surface area (Å²) in [5, 5.41) is 3.76. The van der Waals surface area contributed by atoms with Gasteiger partial charge in [-0.2, -0.15) is 0 Å². The minimum atomic E-state index is 0.275. The van der Waals surface area contributed by atoms with Crippen LogP contribution in [-0.4, -0.2) is 14.2 Å². The number of ether oxygens (including phenoxy) is 2. The summed E-state index contributed by atoms with van der Waals surface area (Å²) in [6.45, 7) is 0. The zero-order valence-corrected chi connectivity index (χ0v) is 15.9. The Labute approximate surface area is 156 Å². The third-order valence-electron chi connectivity index (χ3n) is 5.09. The summed E-state index contributed by atoms with van der Waals surface area (Å²) in [5.41, 5.74) is 3.90. The van der Waals surface area contributed by atoms with Crippen LogP contribution >= 0.6 is 22.6 Å². The minimum absolute atomic E-state index is 0.275. The Bertz CT molecular complexity index is 802. The van der Waals surface area contributed by atoms with Crippen LogP contribution in [0.15, 0.2) is 48.6 Å². The van der Waals surface area contributed by atoms with Gasteiger partial charge in [-0.3, -0.25) is 0 Å². The molecule has 4 heteroatoms. The summed E-state index contributed by atoms with van der Waals surface area (Å²) in [6.07, 6.45) is 5.79. The Morgan fingerprint density at radius 2 is 1.88 bits per heavy atom. The summed E-state index contributed by atoms with van der Waals surface area (Å²) in [7, 11) is 3.36. The maximum absolute atomic E-state index is 5.49. The molecule has 2 aromatic carbocycles. The van der Waals surface area contributed by atoms with Crippen molar-refractivity contribution < 1.29 is 9.47 Å². The molecular formula is C20H20INO2. The molecule has 1 aliphatic heterocycles. The van der Waals surface area contributed by atoms with Crippen molar-refractivity contribution in [2.75, 3.05) is 19.5 Å². The van der Waals surface area contributed by atoms with Gasteiger partial charge >= 0.3 is 0 Å². The van der Waals surface area contributed by atoms with Crippen molar-refractivity contribution in [2.24, 2.45) is 5.92 Å². The van der Waals surface area contributed by atoms with Gasteiger partial charge in [0.05, 0.1) is 20.3 Å². The summed E-state index contributed by atoms with van der Waals surface area (Å²) >= 11 is 2.39. The Morgan fingerprint density at radius 3 is 2.67 bits per heavy atom. The molecule has 1 N–H and O–H groups in total. The maximum Gasteiger partial charge on any atom is 0.161 e. The van der Waals surface area contributed by atoms with E-state index in [1.54, 1.807) is 14.2 Å². The van der Waals surface area contributed by atoms with Gasteiger partial charge in [0.25, 0.3) is 0 Å². The van der Waals surface area contributed by atoms with E-state index in [0.29, 0.717) is 11.8 Å². The van der Waals surface area contributed by atoms with Crippen molar-refractivity contribution in [1.82, 2.24) is 0 Å². The molecule has 24 heavy (non-hydrogen) atoms. The average Bonchev–Trinajstić information content (AvgIpc) is 3.10. The fourth-order valence-electron chi connectivity index (χ4n) is 3.94. The number of hydrogen-bond acceptors (Lipinski definition) is 3. The van der Waals surface area contributed by atoms with Crippen LogP contribution in [0.25, 0.3) is 0 Å². The highest BCUT2D eigenvalue weighted by Crippen LogP contribution is 2.50. The molecule has 124 valence electrons. The molecule has 3 atom stereocenters. The highest BCUT2D eigenvalue weighted by molar-refractivity contribution is 14.1. The Balaban J connectivity index is 1.76. The van der Waals surface area contributed by atoms with E-state index in [1.807, 2.05) is 6.07 Å². The van der Waals surface area contributed by atoms with Crippen LogP contribution in [0.5, 0.6) is 11.5 Å². The standard InChI is InChI=1S/C20H20INO2/c1-23-18-9-6-12(10-19(18)24-2)20-15-5-3-4-14(15)16-11-13(21)7-8-17(16)22-20/h3-4,6-11,14-15,20,22H,5H2,1-2H3. The Hall–Kier alpha value is -1.69. The third kappa shape index (κ3) is 2.57. The number of hydrogen-bond donors (Lipinski definition) is 1. The fourth-order valence-corrected chi connectivity index (χ4v) is 4.46. The topological polar surface area (TPSA) is 30.5 Å². The van der Waals surface area contributed by atoms with Crippen molar-refractivity contribution in [1.29, 1.82) is 0 Å². The second kappa shape index (κ2) is 6.31. The summed E-state index contributed by atoms with van der Waals surface area (Å²) < 4.78 is 12.2. The number of methoxy groups -OCH3 is 2. The van der Waals surface area contributed by atoms with Crippen LogP contribution in [-0.2, 0) is 0 Å². The Morgan fingerprint density at radius 1 is 1.04 bits per heavy atom. The Kier molecular flexibility index (Phi) is 4.16. The van der Waals surface area contributed by atoms with Crippen LogP contribution in [0.4, 0.5) is 5.69 Å². The molecule has 0 fully saturated rings. The van der Waals surface area contributed by atoms with E-state index in [1.165, 1.54) is 20.4 Å². The van der Waals surface area contributed by atoms with Gasteiger partial charge in [0, 0.05) is 15.2 Å². The number of anilines is 1. The van der Waals surface area contributed by atoms with E-state index in [-0.39, 0.29) is 6.04 Å². The molecule has 2 aliphatic rings. The van der Waals surface area contributed by atoms with Crippen LogP contribution in [0.2, 0.25) is 0 Å². The molecule has 0 saturated heterocycles. The predicted octanol–water partition coefficient (Wildman–Crippen LogP) is 5.13. The largest absolute Gasteiger partial charge is 0.493 e. The lowest BCUT2D eigenvalue weighted by Crippen LogP contribution is -2.29. The van der Waals surface area contributed by atoms with Gasteiger partial charge in [0.2, 0.25) is 0 Å². The zero-order chi connectivity index (χ0) is 16.7. The summed E-state index contributed by atoms with van der Waals surface area (Å²) in [4.78, 5) is 0. The molecule has 0 aromatic heterocycles. The van der Waals surface area contributed by atoms with E-state index < -0.39 is 0 Å². The number of halogens is 1. The lowest BCUT2D eigenvalue weighted by molar-refractivity contribution is 0.353. The van der Waals surface area contributed by atoms with Crippen molar-refractivity contribution in [3.63, 3.8) is 0 Å². The second-order valence-corrected chi connectivity index (χ2v) is 7.57. The monoisotopic (exact) mass is 433 g/mol. The van der Waals surface area contributed by atoms with Gasteiger partial charge in [-0.1, -0.05) is 18.2 Å². The number of nitrogens with one attached hydrogen (secondary N) is 1. The van der Waals surface area contributed by atoms with E-state index in [9.17, 15) is 0 Å². The van der Waals surface area contributed by atoms with Gasteiger partial charge in [-0.05, 0) is 76.4 Å². The molecule has 1 aliphatic carbocycles. The van der Waals surface area contributed by atoms with E-state index in [2.05, 4.69) is 70.4 Å². The number of fused-ring (bicyclic) bond motifs is 3. The maximum atomic E-state index is 5.49. The second-order valence-electron chi connectivity index (χ2n) is 6.32. The zero-order valence-electron chi connectivity index (χ0n) is 13.8. The molecule has 2 aromatic rings. The highest BCUT2D eigenvalue weighted by Gasteiger charge is 2.38. The molecule has 3 nitrogen and oxygen atoms in total. The van der Waals surface area contributed by atoms with Crippen LogP contribution < -0.4 is 14.8 Å². The molecule has 1 heterocycles. The lowest BCUT2D eigenvalue weighted by atomic mass is 9.77. The quantitative estimate of drug-likeness (QED) is 0.538. The first-order valence-electron chi connectivity index (χ1n) is 8.16. The van der Waals surface area contributed by atoms with Gasteiger partial charge in [-0.15, -0.1) is 0 Å². The first kappa shape index (κ1) is 15.8. The molecular weight excluding hydrogens is 413 g/mol. The van der Waals surface area contributed by atoms with E-state index in [0.717, 1.165) is 17.9 Å². The predicted molar refractivity (Wildman–Crippen MR) is 105 cm³/mol. The summed E-state index contributed by atoms with van der Waals surface area (Å²) in [5.74, 6) is 2.57. The van der Waals surface area contributed by atoms with Crippen LogP contribution in [0.3, 0.4) is 0 Å². The third-order valence-corrected chi connectivity index (χ3v) is 5.76. The lowest BCUT2D eigenvalue weighted by Gasteiger charge is -2.37. The number of benzene rings is 2. The van der Waals surface area contributed by atoms with Crippen LogP contribution in [0.1, 0.15) is 29.5 Å². The minimum Gasteiger partial charge on any atom is -0.493 e. The summed E-state index contributed by atoms with van der Waals surface area (Å²) in [6, 6.07) is 13.2. The molecule has 0 radical (unpaired) electrons. The number of rotatable bonds is 3. The average molecular weight is 433 g/mol. The fraction of sp³-hybridized carbons (Fsp3) is 0.300. The molecule has 0 amide bonds. The van der Waals surface area contributed by atoms with Crippen molar-refractivity contribution in [3.05, 3.63) is 63.2 Å². The molecule has 0 spiro atoms. The smallest absolute Gasteiger partial charge is 0.161 e. The molecule has 3 unspecified atom stereocenters. The van der Waals surface area contributed by atoms with Gasteiger partial charge in [-0.25, -0.2) is 0 Å². The number of allylic oxidation sites excluding steroid dienone is 2. The van der Waals surface area contributed by atoms with Crippen molar-refractivity contribution in [3.8, 4) is 11.5 Å². The van der Waals surface area contributed by atoms with E-state index >= 15 is 0 Å². The normalized spacial score (nSPS) is 24.0.